The first kappa shape index (κ1) is 20.2. The average Bonchev–Trinajstić information content (AvgIpc) is 2.47. The zero-order chi connectivity index (χ0) is 14.9. The van der Waals surface area contributed by atoms with Gasteiger partial charge in [-0.05, 0) is 12.5 Å². The molecule has 0 unspecified atom stereocenters. The van der Waals surface area contributed by atoms with Crippen LogP contribution in [0.25, 0.3) is 0 Å². The van der Waals surface area contributed by atoms with E-state index in [0.29, 0.717) is 0 Å². The van der Waals surface area contributed by atoms with Crippen molar-refractivity contribution in [3.63, 3.8) is 0 Å². The minimum atomic E-state index is -0.0500. The normalized spacial score (nSPS) is 10.5. The van der Waals surface area contributed by atoms with Crippen LogP contribution in [0.1, 0.15) is 77.0 Å². The van der Waals surface area contributed by atoms with Gasteiger partial charge in [0.15, 0.2) is 0 Å². The topological polar surface area (TPSA) is 29.1 Å². The predicted octanol–water partition coefficient (Wildman–Crippen LogP) is 4.56. The summed E-state index contributed by atoms with van der Waals surface area (Å²) in [5.74, 6) is -0.0500. The number of rotatable bonds is 15. The van der Waals surface area contributed by atoms with E-state index in [4.69, 9.17) is 0 Å². The van der Waals surface area contributed by atoms with Gasteiger partial charge in [0.05, 0.1) is 0 Å². The molecular formula is C17H32NNaO. The molecule has 0 aliphatic carbocycles. The monoisotopic (exact) mass is 289 g/mol. The number of amides is 1. The summed E-state index contributed by atoms with van der Waals surface area (Å²) in [5.41, 5.74) is 0. The van der Waals surface area contributed by atoms with Gasteiger partial charge in [-0.2, -0.15) is 0 Å². The fourth-order valence-corrected chi connectivity index (χ4v) is 2.93. The molecule has 20 heavy (non-hydrogen) atoms. The Balaban J connectivity index is 2.99. The van der Waals surface area contributed by atoms with E-state index >= 15 is 0 Å². The molecule has 0 atom stereocenters. The number of hydrogen-bond acceptors (Lipinski definition) is 1. The van der Waals surface area contributed by atoms with Crippen molar-refractivity contribution in [1.29, 1.82) is 0 Å². The van der Waals surface area contributed by atoms with E-state index in [-0.39, 0.29) is 5.91 Å². The van der Waals surface area contributed by atoms with E-state index in [2.05, 4.69) is 11.9 Å². The van der Waals surface area contributed by atoms with E-state index in [1.54, 1.807) is 0 Å². The summed E-state index contributed by atoms with van der Waals surface area (Å²) < 4.78 is 1.48. The van der Waals surface area contributed by atoms with Gasteiger partial charge in [-0.25, -0.2) is 0 Å². The molecule has 1 amide bonds. The molecule has 0 aliphatic heterocycles. The standard InChI is InChI=1S/C17H32NO.Na/c1-3-5-6-7-8-9-10-11-12-13-14-15-16-18-17(19)4-2;/h4H,1-3,5-16H2,(H,18,19);. The Bertz CT molecular complexity index is 231. The van der Waals surface area contributed by atoms with Crippen LogP contribution in [0, 0.1) is 0 Å². The summed E-state index contributed by atoms with van der Waals surface area (Å²) in [6, 6.07) is 0. The second kappa shape index (κ2) is 17.3. The molecule has 0 spiro atoms. The molecule has 0 aromatic rings. The van der Waals surface area contributed by atoms with Crippen LogP contribution in [0.15, 0.2) is 12.7 Å². The second-order valence-corrected chi connectivity index (χ2v) is 6.74. The van der Waals surface area contributed by atoms with Gasteiger partial charge in [0.1, 0.15) is 0 Å². The zero-order valence-electron chi connectivity index (χ0n) is 13.6. The maximum atomic E-state index is 10.9. The first-order valence-corrected chi connectivity index (χ1v) is 10.1. The van der Waals surface area contributed by atoms with E-state index in [9.17, 15) is 4.79 Å². The van der Waals surface area contributed by atoms with Crippen LogP contribution < -0.4 is 5.32 Å². The summed E-state index contributed by atoms with van der Waals surface area (Å²) >= 11 is 1.38. The Labute approximate surface area is 143 Å². The first-order valence-electron chi connectivity index (χ1n) is 8.71. The van der Waals surface area contributed by atoms with Crippen LogP contribution in [0.4, 0.5) is 0 Å². The van der Waals surface area contributed by atoms with Crippen molar-refractivity contribution in [3.05, 3.63) is 12.7 Å². The van der Waals surface area contributed by atoms with Crippen molar-refractivity contribution in [3.8, 4) is 0 Å². The number of carbonyl (C=O) groups is 1. The maximum absolute atomic E-state index is 10.9. The van der Waals surface area contributed by atoms with E-state index < -0.39 is 0 Å². The van der Waals surface area contributed by atoms with Crippen molar-refractivity contribution < 1.29 is 4.79 Å². The second-order valence-electron chi connectivity index (χ2n) is 5.74. The summed E-state index contributed by atoms with van der Waals surface area (Å²) in [6.07, 6.45) is 17.8. The van der Waals surface area contributed by atoms with Gasteiger partial charge in [0.2, 0.25) is 5.91 Å². The molecule has 0 bridgehead atoms. The molecule has 0 aliphatic rings. The molecule has 0 saturated heterocycles. The molecule has 3 heteroatoms. The van der Waals surface area contributed by atoms with Gasteiger partial charge in [-0.1, -0.05) is 6.58 Å². The molecule has 0 heterocycles. The van der Waals surface area contributed by atoms with Crippen molar-refractivity contribution in [2.24, 2.45) is 0 Å². The molecule has 0 radical (unpaired) electrons. The zero-order valence-corrected chi connectivity index (χ0v) is 15.6. The Morgan fingerprint density at radius 3 is 1.60 bits per heavy atom. The molecular weight excluding hydrogens is 257 g/mol. The van der Waals surface area contributed by atoms with Gasteiger partial charge >= 0.3 is 102 Å². The molecule has 112 valence electrons. The van der Waals surface area contributed by atoms with Crippen molar-refractivity contribution in [2.45, 2.75) is 80.7 Å². The predicted molar refractivity (Wildman–Crippen MR) is 89.2 cm³/mol. The van der Waals surface area contributed by atoms with E-state index in [1.165, 1.54) is 108 Å². The van der Waals surface area contributed by atoms with Gasteiger partial charge in [-0.3, -0.25) is 4.79 Å². The van der Waals surface area contributed by atoms with Crippen molar-refractivity contribution in [2.75, 3.05) is 6.54 Å². The van der Waals surface area contributed by atoms with Crippen LogP contribution >= 0.6 is 0 Å². The van der Waals surface area contributed by atoms with Gasteiger partial charge in [0.25, 0.3) is 0 Å². The third-order valence-corrected chi connectivity index (χ3v) is 4.47. The van der Waals surface area contributed by atoms with Crippen LogP contribution in [0.3, 0.4) is 0 Å². The summed E-state index contributed by atoms with van der Waals surface area (Å²) in [7, 11) is 0. The number of carbonyl (C=O) groups excluding carboxylic acids is 1. The fourth-order valence-electron chi connectivity index (χ4n) is 2.43. The van der Waals surface area contributed by atoms with Crippen LogP contribution in [0.2, 0.25) is 3.67 Å². The Kier molecular flexibility index (Phi) is 17.4. The quantitative estimate of drug-likeness (QED) is 0.267. The Morgan fingerprint density at radius 2 is 1.20 bits per heavy atom. The van der Waals surface area contributed by atoms with Gasteiger partial charge in [0, 0.05) is 6.54 Å². The minimum absolute atomic E-state index is 0.0500. The Hall–Kier alpha value is 0.210. The van der Waals surface area contributed by atoms with E-state index in [0.717, 1.165) is 13.0 Å². The average molecular weight is 289 g/mol. The summed E-state index contributed by atoms with van der Waals surface area (Å²) in [4.78, 5) is 10.9. The molecule has 0 rings (SSSR count). The third-order valence-electron chi connectivity index (χ3n) is 3.76. The van der Waals surface area contributed by atoms with Crippen LogP contribution in [0.5, 0.6) is 0 Å². The molecule has 1 N–H and O–H groups in total. The third kappa shape index (κ3) is 16.3. The molecule has 0 aromatic carbocycles. The van der Waals surface area contributed by atoms with Crippen molar-refractivity contribution >= 4 is 33.8 Å². The van der Waals surface area contributed by atoms with Gasteiger partial charge < -0.3 is 5.32 Å². The number of nitrogens with one attached hydrogen (secondary N) is 1. The van der Waals surface area contributed by atoms with E-state index in [1.807, 2.05) is 0 Å². The summed E-state index contributed by atoms with van der Waals surface area (Å²) in [5, 5.41) is 2.82. The fraction of sp³-hybridized carbons (Fsp3) is 0.824. The van der Waals surface area contributed by atoms with Crippen LogP contribution in [-0.2, 0) is 4.79 Å². The van der Waals surface area contributed by atoms with Gasteiger partial charge in [-0.15, -0.1) is 0 Å². The first-order chi connectivity index (χ1) is 9.81. The SMILES string of the molecule is C=CC(=O)NCCCCCCCCCCCCC[CH2][Na]. The van der Waals surface area contributed by atoms with Crippen molar-refractivity contribution in [1.82, 2.24) is 5.32 Å². The Morgan fingerprint density at radius 1 is 0.800 bits per heavy atom. The molecule has 0 aromatic heterocycles. The molecule has 0 fully saturated rings. The number of hydrogen-bond donors (Lipinski definition) is 1. The van der Waals surface area contributed by atoms with Crippen LogP contribution in [-0.4, -0.2) is 40.4 Å². The number of unbranched alkanes of at least 4 members (excludes halogenated alkanes) is 11. The molecule has 0 saturated carbocycles. The molecule has 2 nitrogen and oxygen atoms in total. The summed E-state index contributed by atoms with van der Waals surface area (Å²) in [6.45, 7) is 4.23.